The zero-order chi connectivity index (χ0) is 24.7. The molecule has 1 fully saturated rings. The predicted molar refractivity (Wildman–Crippen MR) is 128 cm³/mol. The van der Waals surface area contributed by atoms with Gasteiger partial charge in [-0.3, -0.25) is 29.6 Å². The van der Waals surface area contributed by atoms with Crippen LogP contribution in [-0.4, -0.2) is 38.8 Å². The molecule has 1 saturated heterocycles. The Kier molecular flexibility index (Phi) is 5.46. The molecule has 174 valence electrons. The fourth-order valence-electron chi connectivity index (χ4n) is 3.94. The number of nitrogens with zero attached hydrogens (tertiary/aromatic N) is 4. The number of aliphatic hydroxyl groups is 1. The lowest BCUT2D eigenvalue weighted by Crippen LogP contribution is -2.29. The van der Waals surface area contributed by atoms with Crippen LogP contribution in [0, 0.1) is 10.1 Å². The Morgan fingerprint density at radius 3 is 2.63 bits per heavy atom. The summed E-state index contributed by atoms with van der Waals surface area (Å²) in [5.41, 5.74) is 0.734. The molecular weight excluding hydrogens is 472 g/mol. The summed E-state index contributed by atoms with van der Waals surface area (Å²) in [4.78, 5) is 47.0. The molecule has 2 aromatic carbocycles. The molecule has 1 aliphatic rings. The minimum Gasteiger partial charge on any atom is -0.507 e. The van der Waals surface area contributed by atoms with Crippen LogP contribution in [0.3, 0.4) is 0 Å². The predicted octanol–water partition coefficient (Wildman–Crippen LogP) is 4.23. The number of carbonyl (C=O) groups excluding carboxylic acids is 2. The van der Waals surface area contributed by atoms with Gasteiger partial charge in [-0.25, -0.2) is 4.98 Å². The van der Waals surface area contributed by atoms with Crippen LogP contribution in [-0.2, 0) is 9.59 Å². The number of Topliss-reactive ketones (excluding diaryl/α,β-unsaturated/α-hetero) is 1. The summed E-state index contributed by atoms with van der Waals surface area (Å²) in [6.07, 6.45) is 2.88. The summed E-state index contributed by atoms with van der Waals surface area (Å²) in [6, 6.07) is 12.7. The minimum atomic E-state index is -1.13. The molecule has 2 aromatic heterocycles. The Balaban J connectivity index is 1.74. The quantitative estimate of drug-likeness (QED) is 0.145. The lowest BCUT2D eigenvalue weighted by molar-refractivity contribution is -0.384. The van der Waals surface area contributed by atoms with Gasteiger partial charge >= 0.3 is 5.91 Å². The maximum Gasteiger partial charge on any atom is 0.301 e. The van der Waals surface area contributed by atoms with Gasteiger partial charge in [0.05, 0.1) is 33.9 Å². The second-order valence-corrected chi connectivity index (χ2v) is 8.60. The first-order chi connectivity index (χ1) is 16.9. The molecule has 0 aliphatic carbocycles. The Bertz CT molecular complexity index is 1530. The van der Waals surface area contributed by atoms with E-state index in [1.54, 1.807) is 24.3 Å². The van der Waals surface area contributed by atoms with Gasteiger partial charge < -0.3 is 9.84 Å². The van der Waals surface area contributed by atoms with E-state index in [1.807, 2.05) is 0 Å². The highest BCUT2D eigenvalue weighted by Crippen LogP contribution is 2.45. The normalized spacial score (nSPS) is 17.2. The Labute approximate surface area is 201 Å². The van der Waals surface area contributed by atoms with Crippen LogP contribution < -0.4 is 9.64 Å². The third-order valence-electron chi connectivity index (χ3n) is 5.59. The van der Waals surface area contributed by atoms with E-state index in [4.69, 9.17) is 4.74 Å². The van der Waals surface area contributed by atoms with Gasteiger partial charge in [-0.1, -0.05) is 23.5 Å². The first-order valence-electron chi connectivity index (χ1n) is 10.3. The van der Waals surface area contributed by atoms with Crippen LogP contribution in [0.1, 0.15) is 17.2 Å². The van der Waals surface area contributed by atoms with Crippen molar-refractivity contribution in [1.82, 2.24) is 9.97 Å². The summed E-state index contributed by atoms with van der Waals surface area (Å²) in [5.74, 6) is -1.63. The monoisotopic (exact) mass is 488 g/mol. The van der Waals surface area contributed by atoms with Gasteiger partial charge in [0.15, 0.2) is 5.13 Å². The summed E-state index contributed by atoms with van der Waals surface area (Å²) in [7, 11) is 1.53. The number of fused-ring (bicyclic) bond motifs is 1. The van der Waals surface area contributed by atoms with Crippen LogP contribution in [0.2, 0.25) is 0 Å². The molecule has 1 N–H and O–H groups in total. The topological polar surface area (TPSA) is 136 Å². The first-order valence-corrected chi connectivity index (χ1v) is 11.1. The standard InChI is InChI=1S/C24H16N4O6S/c1-34-16-5-6-17-18(12-16)35-24(26-17)27-20(14-3-2-4-15(11-14)28(32)33)19(22(30)23(27)31)21(29)13-7-9-25-10-8-13/h2-12,20,29H,1H3/b21-19+. The van der Waals surface area contributed by atoms with E-state index in [1.165, 1.54) is 54.7 Å². The highest BCUT2D eigenvalue weighted by Gasteiger charge is 2.48. The second-order valence-electron chi connectivity index (χ2n) is 7.59. The van der Waals surface area contributed by atoms with E-state index in [-0.39, 0.29) is 27.5 Å². The van der Waals surface area contributed by atoms with Gasteiger partial charge in [0.25, 0.3) is 11.5 Å². The lowest BCUT2D eigenvalue weighted by atomic mass is 9.95. The molecule has 0 saturated carbocycles. The number of carbonyl (C=O) groups is 2. The number of non-ortho nitro benzene ring substituents is 1. The van der Waals surface area contributed by atoms with E-state index >= 15 is 0 Å². The number of pyridine rings is 1. The van der Waals surface area contributed by atoms with Crippen LogP contribution in [0.5, 0.6) is 5.75 Å². The maximum absolute atomic E-state index is 13.3. The van der Waals surface area contributed by atoms with Crippen molar-refractivity contribution in [3.63, 3.8) is 0 Å². The number of nitro benzene ring substituents is 1. The van der Waals surface area contributed by atoms with Crippen LogP contribution in [0.4, 0.5) is 10.8 Å². The van der Waals surface area contributed by atoms with E-state index in [0.717, 1.165) is 11.3 Å². The number of aromatic nitrogens is 2. The smallest absolute Gasteiger partial charge is 0.301 e. The molecule has 1 atom stereocenters. The van der Waals surface area contributed by atoms with Crippen molar-refractivity contribution in [1.29, 1.82) is 0 Å². The first kappa shape index (κ1) is 22.2. The summed E-state index contributed by atoms with van der Waals surface area (Å²) >= 11 is 1.16. The summed E-state index contributed by atoms with van der Waals surface area (Å²) in [6.45, 7) is 0. The average molecular weight is 488 g/mol. The second kappa shape index (κ2) is 8.61. The van der Waals surface area contributed by atoms with Crippen molar-refractivity contribution in [3.05, 3.63) is 93.8 Å². The molecular formula is C24H16N4O6S. The molecule has 3 heterocycles. The van der Waals surface area contributed by atoms with Crippen molar-refractivity contribution in [3.8, 4) is 5.75 Å². The Morgan fingerprint density at radius 1 is 1.14 bits per heavy atom. The number of aliphatic hydroxyl groups excluding tert-OH is 1. The average Bonchev–Trinajstić information content (AvgIpc) is 3.41. The number of hydrogen-bond donors (Lipinski definition) is 1. The molecule has 4 aromatic rings. The summed E-state index contributed by atoms with van der Waals surface area (Å²) in [5, 5.41) is 22.7. The number of thiazole rings is 1. The number of benzene rings is 2. The van der Waals surface area contributed by atoms with Crippen molar-refractivity contribution >= 4 is 49.8 Å². The zero-order valence-corrected chi connectivity index (χ0v) is 18.9. The highest BCUT2D eigenvalue weighted by molar-refractivity contribution is 7.22. The third-order valence-corrected chi connectivity index (χ3v) is 6.60. The van der Waals surface area contributed by atoms with Crippen molar-refractivity contribution < 1.29 is 24.4 Å². The van der Waals surface area contributed by atoms with Gasteiger partial charge in [0, 0.05) is 30.1 Å². The molecule has 11 heteroatoms. The molecule has 0 spiro atoms. The van der Waals surface area contributed by atoms with Crippen LogP contribution >= 0.6 is 11.3 Å². The number of nitro groups is 1. The van der Waals surface area contributed by atoms with Gasteiger partial charge in [0.1, 0.15) is 11.5 Å². The fraction of sp³-hybridized carbons (Fsp3) is 0.0833. The van der Waals surface area contributed by atoms with Crippen LogP contribution in [0.15, 0.2) is 72.6 Å². The molecule has 5 rings (SSSR count). The highest BCUT2D eigenvalue weighted by atomic mass is 32.1. The van der Waals surface area contributed by atoms with E-state index in [2.05, 4.69) is 9.97 Å². The Morgan fingerprint density at radius 2 is 1.91 bits per heavy atom. The maximum atomic E-state index is 13.3. The van der Waals surface area contributed by atoms with E-state index < -0.39 is 28.4 Å². The number of ether oxygens (including phenoxy) is 1. The van der Waals surface area contributed by atoms with E-state index in [9.17, 15) is 24.8 Å². The molecule has 35 heavy (non-hydrogen) atoms. The van der Waals surface area contributed by atoms with Gasteiger partial charge in [-0.15, -0.1) is 0 Å². The van der Waals surface area contributed by atoms with Gasteiger partial charge in [-0.2, -0.15) is 0 Å². The number of methoxy groups -OCH3 is 1. The number of amides is 1. The number of rotatable bonds is 5. The minimum absolute atomic E-state index is 0.196. The lowest BCUT2D eigenvalue weighted by Gasteiger charge is -2.22. The fourth-order valence-corrected chi connectivity index (χ4v) is 4.96. The molecule has 0 bridgehead atoms. The molecule has 0 radical (unpaired) electrons. The number of hydrogen-bond acceptors (Lipinski definition) is 9. The van der Waals surface area contributed by atoms with Gasteiger partial charge in [0.2, 0.25) is 0 Å². The van der Waals surface area contributed by atoms with E-state index in [0.29, 0.717) is 16.0 Å². The van der Waals surface area contributed by atoms with Gasteiger partial charge in [-0.05, 0) is 35.9 Å². The molecule has 10 nitrogen and oxygen atoms in total. The largest absolute Gasteiger partial charge is 0.507 e. The van der Waals surface area contributed by atoms with Crippen molar-refractivity contribution in [2.24, 2.45) is 0 Å². The van der Waals surface area contributed by atoms with Crippen molar-refractivity contribution in [2.45, 2.75) is 6.04 Å². The summed E-state index contributed by atoms with van der Waals surface area (Å²) < 4.78 is 5.97. The zero-order valence-electron chi connectivity index (χ0n) is 18.1. The van der Waals surface area contributed by atoms with Crippen LogP contribution in [0.25, 0.3) is 16.0 Å². The van der Waals surface area contributed by atoms with Crippen molar-refractivity contribution in [2.75, 3.05) is 12.0 Å². The Hall–Kier alpha value is -4.64. The molecule has 1 amide bonds. The third kappa shape index (κ3) is 3.77. The number of anilines is 1. The molecule has 1 unspecified atom stereocenters. The molecule has 1 aliphatic heterocycles. The SMILES string of the molecule is COc1ccc2nc(N3C(=O)C(=O)/C(=C(/O)c4ccncc4)C3c3cccc([N+](=O)[O-])c3)sc2c1. The number of ketones is 1.